The van der Waals surface area contributed by atoms with Crippen LogP contribution in [0.5, 0.6) is 0 Å². The minimum atomic E-state index is -1.01. The lowest BCUT2D eigenvalue weighted by molar-refractivity contribution is 0.0786. The molecule has 0 saturated carbocycles. The van der Waals surface area contributed by atoms with Crippen LogP contribution in [0.1, 0.15) is 22.8 Å². The normalized spacial score (nSPS) is 18.5. The van der Waals surface area contributed by atoms with E-state index in [0.717, 1.165) is 18.6 Å². The Hall–Kier alpha value is -2.31. The van der Waals surface area contributed by atoms with Gasteiger partial charge < -0.3 is 4.90 Å². The first kappa shape index (κ1) is 12.7. The smallest absolute Gasteiger partial charge is 0.254 e. The van der Waals surface area contributed by atoms with Crippen LogP contribution in [-0.4, -0.2) is 38.9 Å². The van der Waals surface area contributed by atoms with Crippen LogP contribution in [0.3, 0.4) is 0 Å². The second kappa shape index (κ2) is 4.99. The van der Waals surface area contributed by atoms with Crippen LogP contribution in [0.2, 0.25) is 0 Å². The van der Waals surface area contributed by atoms with Crippen LogP contribution >= 0.6 is 0 Å². The predicted molar refractivity (Wildman–Crippen MR) is 65.9 cm³/mol. The van der Waals surface area contributed by atoms with Gasteiger partial charge in [0.15, 0.2) is 11.6 Å². The summed E-state index contributed by atoms with van der Waals surface area (Å²) in [7, 11) is 0. The Morgan fingerprint density at radius 3 is 2.85 bits per heavy atom. The van der Waals surface area contributed by atoms with Gasteiger partial charge in [-0.15, -0.1) is 5.10 Å². The number of hydrogen-bond acceptors (Lipinski definition) is 3. The Morgan fingerprint density at radius 1 is 1.30 bits per heavy atom. The summed E-state index contributed by atoms with van der Waals surface area (Å²) in [6.07, 6.45) is 4.09. The molecule has 1 atom stereocenters. The van der Waals surface area contributed by atoms with E-state index in [1.165, 1.54) is 6.07 Å². The lowest BCUT2D eigenvalue weighted by Gasteiger charge is -2.16. The summed E-state index contributed by atoms with van der Waals surface area (Å²) in [5.41, 5.74) is 0.156. The number of carbonyl (C=O) groups is 1. The van der Waals surface area contributed by atoms with E-state index in [1.807, 2.05) is 0 Å². The Balaban J connectivity index is 1.74. The van der Waals surface area contributed by atoms with Crippen LogP contribution in [0, 0.1) is 11.6 Å². The first-order valence-corrected chi connectivity index (χ1v) is 6.25. The number of rotatable bonds is 2. The average Bonchev–Trinajstić information content (AvgIpc) is 3.11. The van der Waals surface area contributed by atoms with Gasteiger partial charge in [0.05, 0.1) is 12.2 Å². The number of benzene rings is 1. The molecule has 1 aliphatic rings. The van der Waals surface area contributed by atoms with E-state index in [4.69, 9.17) is 0 Å². The second-order valence-corrected chi connectivity index (χ2v) is 4.71. The summed E-state index contributed by atoms with van der Waals surface area (Å²) in [6, 6.07) is 3.27. The van der Waals surface area contributed by atoms with Crippen molar-refractivity contribution in [3.05, 3.63) is 47.8 Å². The van der Waals surface area contributed by atoms with Gasteiger partial charge in [-0.25, -0.2) is 13.5 Å². The molecule has 5 nitrogen and oxygen atoms in total. The molecular weight excluding hydrogens is 266 g/mol. The topological polar surface area (TPSA) is 51.0 Å². The van der Waals surface area contributed by atoms with Gasteiger partial charge >= 0.3 is 0 Å². The quantitative estimate of drug-likeness (QED) is 0.839. The highest BCUT2D eigenvalue weighted by Gasteiger charge is 2.28. The molecule has 1 aliphatic heterocycles. The molecule has 0 N–H and O–H groups in total. The Kier molecular flexibility index (Phi) is 3.17. The van der Waals surface area contributed by atoms with Gasteiger partial charge in [-0.2, -0.15) is 0 Å². The van der Waals surface area contributed by atoms with Gasteiger partial charge in [0.1, 0.15) is 0 Å². The summed E-state index contributed by atoms with van der Waals surface area (Å²) in [5.74, 6) is -2.27. The molecule has 1 saturated heterocycles. The fraction of sp³-hybridized carbons (Fsp3) is 0.308. The van der Waals surface area contributed by atoms with Crippen molar-refractivity contribution in [2.24, 2.45) is 0 Å². The monoisotopic (exact) mass is 278 g/mol. The molecule has 0 radical (unpaired) electrons. The zero-order valence-electron chi connectivity index (χ0n) is 10.5. The third-order valence-corrected chi connectivity index (χ3v) is 3.43. The molecule has 3 rings (SSSR count). The maximum Gasteiger partial charge on any atom is 0.254 e. The van der Waals surface area contributed by atoms with Crippen molar-refractivity contribution >= 4 is 5.91 Å². The molecule has 0 unspecified atom stereocenters. The molecule has 1 aromatic carbocycles. The molecule has 2 aromatic rings. The van der Waals surface area contributed by atoms with Crippen LogP contribution < -0.4 is 0 Å². The third-order valence-electron chi connectivity index (χ3n) is 3.43. The second-order valence-electron chi connectivity index (χ2n) is 4.71. The summed E-state index contributed by atoms with van der Waals surface area (Å²) >= 11 is 0. The molecule has 20 heavy (non-hydrogen) atoms. The summed E-state index contributed by atoms with van der Waals surface area (Å²) in [6.45, 7) is 1.05. The van der Waals surface area contributed by atoms with Crippen LogP contribution in [0.25, 0.3) is 0 Å². The van der Waals surface area contributed by atoms with Crippen LogP contribution in [0.4, 0.5) is 8.78 Å². The maximum absolute atomic E-state index is 13.2. The van der Waals surface area contributed by atoms with Gasteiger partial charge in [0.25, 0.3) is 5.91 Å². The van der Waals surface area contributed by atoms with E-state index in [-0.39, 0.29) is 17.5 Å². The molecule has 1 aromatic heterocycles. The van der Waals surface area contributed by atoms with E-state index in [2.05, 4.69) is 10.3 Å². The summed E-state index contributed by atoms with van der Waals surface area (Å²) < 4.78 is 27.7. The molecule has 1 amide bonds. The van der Waals surface area contributed by atoms with Crippen molar-refractivity contribution in [3.63, 3.8) is 0 Å². The zero-order valence-corrected chi connectivity index (χ0v) is 10.5. The van der Waals surface area contributed by atoms with Gasteiger partial charge in [-0.3, -0.25) is 4.79 Å². The molecule has 104 valence electrons. The highest BCUT2D eigenvalue weighted by Crippen LogP contribution is 2.22. The summed E-state index contributed by atoms with van der Waals surface area (Å²) in [4.78, 5) is 13.8. The number of carbonyl (C=O) groups excluding carboxylic acids is 1. The fourth-order valence-corrected chi connectivity index (χ4v) is 2.37. The van der Waals surface area contributed by atoms with Gasteiger partial charge in [0, 0.05) is 24.8 Å². The molecule has 0 bridgehead atoms. The Bertz CT molecular complexity index is 629. The van der Waals surface area contributed by atoms with E-state index < -0.39 is 11.6 Å². The molecule has 0 spiro atoms. The zero-order chi connectivity index (χ0) is 14.1. The minimum Gasteiger partial charge on any atom is -0.336 e. The van der Waals surface area contributed by atoms with E-state index >= 15 is 0 Å². The van der Waals surface area contributed by atoms with Crippen molar-refractivity contribution in [1.29, 1.82) is 0 Å². The van der Waals surface area contributed by atoms with Gasteiger partial charge in [-0.1, -0.05) is 5.21 Å². The Labute approximate surface area is 113 Å². The van der Waals surface area contributed by atoms with Crippen molar-refractivity contribution in [1.82, 2.24) is 19.9 Å². The lowest BCUT2D eigenvalue weighted by Crippen LogP contribution is -2.29. The number of aromatic nitrogens is 3. The molecular formula is C13H12F2N4O. The van der Waals surface area contributed by atoms with Crippen LogP contribution in [0.15, 0.2) is 30.6 Å². The SMILES string of the molecule is O=C(c1ccc(F)c(F)c1)N1CC[C@H](n2ccnn2)C1. The largest absolute Gasteiger partial charge is 0.336 e. The number of hydrogen-bond donors (Lipinski definition) is 0. The van der Waals surface area contributed by atoms with E-state index in [0.29, 0.717) is 13.1 Å². The van der Waals surface area contributed by atoms with Crippen LogP contribution in [-0.2, 0) is 0 Å². The van der Waals surface area contributed by atoms with E-state index in [9.17, 15) is 13.6 Å². The number of amides is 1. The first-order chi connectivity index (χ1) is 9.65. The molecule has 0 aliphatic carbocycles. The van der Waals surface area contributed by atoms with Gasteiger partial charge in [0.2, 0.25) is 0 Å². The maximum atomic E-state index is 13.2. The average molecular weight is 278 g/mol. The van der Waals surface area contributed by atoms with Crippen molar-refractivity contribution in [2.45, 2.75) is 12.5 Å². The summed E-state index contributed by atoms with van der Waals surface area (Å²) in [5, 5.41) is 7.64. The molecule has 2 heterocycles. The van der Waals surface area contributed by atoms with E-state index in [1.54, 1.807) is 22.0 Å². The number of halogens is 2. The number of likely N-dealkylation sites (tertiary alicyclic amines) is 1. The molecule has 1 fully saturated rings. The highest BCUT2D eigenvalue weighted by atomic mass is 19.2. The third kappa shape index (κ3) is 2.26. The van der Waals surface area contributed by atoms with Crippen molar-refractivity contribution in [3.8, 4) is 0 Å². The standard InChI is InChI=1S/C13H12F2N4O/c14-11-2-1-9(7-12(11)15)13(20)18-5-3-10(8-18)19-6-4-16-17-19/h1-2,4,6-7,10H,3,5,8H2/t10-/m0/s1. The molecule has 7 heteroatoms. The number of nitrogens with zero attached hydrogens (tertiary/aromatic N) is 4. The minimum absolute atomic E-state index is 0.0757. The highest BCUT2D eigenvalue weighted by molar-refractivity contribution is 5.94. The first-order valence-electron chi connectivity index (χ1n) is 6.25. The van der Waals surface area contributed by atoms with Gasteiger partial charge in [-0.05, 0) is 24.6 Å². The Morgan fingerprint density at radius 2 is 2.15 bits per heavy atom. The van der Waals surface area contributed by atoms with Crippen molar-refractivity contribution < 1.29 is 13.6 Å². The fourth-order valence-electron chi connectivity index (χ4n) is 2.37. The van der Waals surface area contributed by atoms with Crippen molar-refractivity contribution in [2.75, 3.05) is 13.1 Å². The predicted octanol–water partition coefficient (Wildman–Crippen LogP) is 1.64. The lowest BCUT2D eigenvalue weighted by atomic mass is 10.2.